The van der Waals surface area contributed by atoms with Crippen molar-refractivity contribution in [2.45, 2.75) is 19.1 Å². The Balaban J connectivity index is 2.21. The van der Waals surface area contributed by atoms with Crippen molar-refractivity contribution in [3.05, 3.63) is 46.0 Å². The van der Waals surface area contributed by atoms with E-state index < -0.39 is 6.10 Å². The number of aliphatic hydroxyl groups is 1. The van der Waals surface area contributed by atoms with Gasteiger partial charge in [-0.1, -0.05) is 12.7 Å². The predicted octanol–water partition coefficient (Wildman–Crippen LogP) is 2.32. The van der Waals surface area contributed by atoms with E-state index in [9.17, 15) is 14.7 Å². The first-order valence-electron chi connectivity index (χ1n) is 7.22. The van der Waals surface area contributed by atoms with Crippen LogP contribution in [0.1, 0.15) is 27.9 Å². The lowest BCUT2D eigenvalue weighted by atomic mass is 9.93. The van der Waals surface area contributed by atoms with E-state index in [0.29, 0.717) is 33.5 Å². The van der Waals surface area contributed by atoms with Crippen LogP contribution in [0.5, 0.6) is 5.75 Å². The molecule has 0 bridgehead atoms. The maximum Gasteiger partial charge on any atom is 0.255 e. The van der Waals surface area contributed by atoms with Crippen LogP contribution < -0.4 is 4.74 Å². The lowest BCUT2D eigenvalue weighted by Gasteiger charge is -2.17. The monoisotopic (exact) mass is 377 g/mol. The quantitative estimate of drug-likeness (QED) is 0.817. The van der Waals surface area contributed by atoms with E-state index in [1.165, 1.54) is 6.08 Å². The molecule has 3 rings (SSSR count). The molecule has 0 aliphatic carbocycles. The average molecular weight is 378 g/mol. The van der Waals surface area contributed by atoms with Crippen LogP contribution in [0.25, 0.3) is 5.57 Å². The third-order valence-corrected chi connectivity index (χ3v) is 4.76. The van der Waals surface area contributed by atoms with Gasteiger partial charge in [0.1, 0.15) is 11.9 Å². The lowest BCUT2D eigenvalue weighted by molar-refractivity contribution is -0.115. The SMILES string of the molecule is C=CC(=O)CC1Oc2c(CO)cc(Br)c3c2C1=CCN(C)C3=O. The summed E-state index contributed by atoms with van der Waals surface area (Å²) in [7, 11) is 1.73. The van der Waals surface area contributed by atoms with Crippen LogP contribution in [0, 0.1) is 0 Å². The van der Waals surface area contributed by atoms with E-state index in [1.807, 2.05) is 6.08 Å². The van der Waals surface area contributed by atoms with E-state index in [0.717, 1.165) is 5.57 Å². The zero-order chi connectivity index (χ0) is 16.7. The molecular weight excluding hydrogens is 362 g/mol. The average Bonchev–Trinajstić information content (AvgIpc) is 2.82. The Labute approximate surface area is 142 Å². The topological polar surface area (TPSA) is 66.8 Å². The Bertz CT molecular complexity index is 753. The van der Waals surface area contributed by atoms with Crippen molar-refractivity contribution < 1.29 is 19.4 Å². The molecule has 1 amide bonds. The summed E-state index contributed by atoms with van der Waals surface area (Å²) in [5.41, 5.74) is 2.60. The number of allylic oxidation sites excluding steroid dienone is 1. The van der Waals surface area contributed by atoms with Crippen LogP contribution in [0.4, 0.5) is 0 Å². The molecule has 23 heavy (non-hydrogen) atoms. The fourth-order valence-electron chi connectivity index (χ4n) is 2.95. The van der Waals surface area contributed by atoms with Gasteiger partial charge < -0.3 is 14.7 Å². The number of ketones is 1. The number of benzene rings is 1. The van der Waals surface area contributed by atoms with Gasteiger partial charge in [-0.05, 0) is 28.1 Å². The molecule has 1 N–H and O–H groups in total. The highest BCUT2D eigenvalue weighted by Gasteiger charge is 2.38. The van der Waals surface area contributed by atoms with Crippen LogP contribution in [0.3, 0.4) is 0 Å². The number of carbonyl (C=O) groups excluding carboxylic acids is 2. The van der Waals surface area contributed by atoms with Crippen LogP contribution in [-0.2, 0) is 11.4 Å². The summed E-state index contributed by atoms with van der Waals surface area (Å²) in [5.74, 6) is 0.240. The minimum atomic E-state index is -0.465. The van der Waals surface area contributed by atoms with Crippen molar-refractivity contribution in [1.29, 1.82) is 0 Å². The fourth-order valence-corrected chi connectivity index (χ4v) is 3.59. The first-order valence-corrected chi connectivity index (χ1v) is 8.01. The zero-order valence-electron chi connectivity index (χ0n) is 12.6. The number of likely N-dealkylation sites (N-methyl/N-ethyl adjacent to an activating group) is 1. The molecule has 1 atom stereocenters. The van der Waals surface area contributed by atoms with Crippen molar-refractivity contribution in [1.82, 2.24) is 4.90 Å². The Kier molecular flexibility index (Phi) is 4.12. The number of aliphatic hydroxyl groups excluding tert-OH is 1. The number of halogens is 1. The molecule has 0 aromatic heterocycles. The molecule has 1 aromatic carbocycles. The molecule has 1 aromatic rings. The van der Waals surface area contributed by atoms with Gasteiger partial charge in [0.2, 0.25) is 0 Å². The molecule has 0 saturated carbocycles. The molecule has 0 spiro atoms. The van der Waals surface area contributed by atoms with Gasteiger partial charge in [0, 0.05) is 34.8 Å². The molecule has 6 heteroatoms. The van der Waals surface area contributed by atoms with E-state index in [4.69, 9.17) is 4.74 Å². The normalized spacial score (nSPS) is 18.9. The molecule has 0 fully saturated rings. The van der Waals surface area contributed by atoms with Crippen molar-refractivity contribution >= 4 is 33.2 Å². The van der Waals surface area contributed by atoms with E-state index in [-0.39, 0.29) is 24.7 Å². The summed E-state index contributed by atoms with van der Waals surface area (Å²) in [6.45, 7) is 3.72. The van der Waals surface area contributed by atoms with Crippen molar-refractivity contribution in [2.24, 2.45) is 0 Å². The molecule has 2 aliphatic heterocycles. The standard InChI is InChI=1S/C17H16BrNO4/c1-3-10(21)7-13-11-4-5-19(2)17(22)15-12(18)6-9(8-20)16(23-13)14(11)15/h3-4,6,13,20H,1,5,7-8H2,2H3. The van der Waals surface area contributed by atoms with Crippen molar-refractivity contribution in [3.63, 3.8) is 0 Å². The van der Waals surface area contributed by atoms with Gasteiger partial charge >= 0.3 is 0 Å². The third-order valence-electron chi connectivity index (χ3n) is 4.13. The molecule has 0 radical (unpaired) electrons. The van der Waals surface area contributed by atoms with Gasteiger partial charge in [0.05, 0.1) is 18.6 Å². The summed E-state index contributed by atoms with van der Waals surface area (Å²) < 4.78 is 6.55. The number of hydrogen-bond donors (Lipinski definition) is 1. The number of nitrogens with zero attached hydrogens (tertiary/aromatic N) is 1. The van der Waals surface area contributed by atoms with Gasteiger partial charge in [-0.2, -0.15) is 0 Å². The fraction of sp³-hybridized carbons (Fsp3) is 0.294. The van der Waals surface area contributed by atoms with Gasteiger partial charge in [0.15, 0.2) is 5.78 Å². The maximum absolute atomic E-state index is 12.6. The first kappa shape index (κ1) is 16.0. The van der Waals surface area contributed by atoms with Gasteiger partial charge in [0.25, 0.3) is 5.91 Å². The molecule has 0 saturated heterocycles. The van der Waals surface area contributed by atoms with Crippen LogP contribution in [0.15, 0.2) is 29.3 Å². The molecule has 5 nitrogen and oxygen atoms in total. The highest BCUT2D eigenvalue weighted by molar-refractivity contribution is 9.10. The second kappa shape index (κ2) is 5.94. The zero-order valence-corrected chi connectivity index (χ0v) is 14.2. The highest BCUT2D eigenvalue weighted by Crippen LogP contribution is 2.47. The summed E-state index contributed by atoms with van der Waals surface area (Å²) in [6.07, 6.45) is 2.87. The number of hydrogen-bond acceptors (Lipinski definition) is 4. The Hall–Kier alpha value is -1.92. The Morgan fingerprint density at radius 1 is 1.57 bits per heavy atom. The molecule has 2 aliphatic rings. The maximum atomic E-state index is 12.6. The van der Waals surface area contributed by atoms with Crippen molar-refractivity contribution in [2.75, 3.05) is 13.6 Å². The first-order chi connectivity index (χ1) is 11.0. The van der Waals surface area contributed by atoms with Crippen LogP contribution in [-0.4, -0.2) is 41.4 Å². The van der Waals surface area contributed by atoms with Crippen LogP contribution >= 0.6 is 15.9 Å². The highest BCUT2D eigenvalue weighted by atomic mass is 79.9. The Morgan fingerprint density at radius 2 is 2.30 bits per heavy atom. The minimum absolute atomic E-state index is 0.122. The Morgan fingerprint density at radius 3 is 2.96 bits per heavy atom. The van der Waals surface area contributed by atoms with E-state index in [1.54, 1.807) is 18.0 Å². The summed E-state index contributed by atoms with van der Waals surface area (Å²) in [6, 6.07) is 1.69. The number of rotatable bonds is 4. The van der Waals surface area contributed by atoms with Gasteiger partial charge in [-0.3, -0.25) is 9.59 Å². The smallest absolute Gasteiger partial charge is 0.255 e. The van der Waals surface area contributed by atoms with Gasteiger partial charge in [-0.25, -0.2) is 0 Å². The second-order valence-electron chi connectivity index (χ2n) is 5.58. The van der Waals surface area contributed by atoms with Crippen LogP contribution in [0.2, 0.25) is 0 Å². The third kappa shape index (κ3) is 2.52. The van der Waals surface area contributed by atoms with E-state index in [2.05, 4.69) is 22.5 Å². The molecule has 2 heterocycles. The number of amides is 1. The largest absolute Gasteiger partial charge is 0.484 e. The molecule has 1 unspecified atom stereocenters. The number of carbonyl (C=O) groups is 2. The van der Waals surface area contributed by atoms with Gasteiger partial charge in [-0.15, -0.1) is 0 Å². The second-order valence-corrected chi connectivity index (χ2v) is 6.44. The molecule has 120 valence electrons. The predicted molar refractivity (Wildman–Crippen MR) is 89.2 cm³/mol. The minimum Gasteiger partial charge on any atom is -0.484 e. The lowest BCUT2D eigenvalue weighted by Crippen LogP contribution is -2.26. The van der Waals surface area contributed by atoms with Crippen molar-refractivity contribution in [3.8, 4) is 5.75 Å². The van der Waals surface area contributed by atoms with E-state index >= 15 is 0 Å². The summed E-state index contributed by atoms with van der Waals surface area (Å²) in [5, 5.41) is 9.60. The molecular formula is C17H16BrNO4. The summed E-state index contributed by atoms with van der Waals surface area (Å²) in [4.78, 5) is 26.0. The summed E-state index contributed by atoms with van der Waals surface area (Å²) >= 11 is 3.43. The number of ether oxygens (including phenoxy) is 1.